The first kappa shape index (κ1) is 24.8. The monoisotopic (exact) mass is 470 g/mol. The molecule has 1 aromatic rings. The van der Waals surface area contributed by atoms with Crippen LogP contribution in [0.2, 0.25) is 0 Å². The van der Waals surface area contributed by atoms with E-state index in [1.54, 1.807) is 0 Å². The minimum atomic E-state index is -1.09. The first-order valence-corrected chi connectivity index (χ1v) is 13.0. The van der Waals surface area contributed by atoms with Crippen LogP contribution in [0.4, 0.5) is 4.79 Å². The molecule has 188 valence electrons. The van der Waals surface area contributed by atoms with Gasteiger partial charge in [0.1, 0.15) is 11.8 Å². The van der Waals surface area contributed by atoms with Crippen molar-refractivity contribution in [2.45, 2.75) is 90.0 Å². The van der Waals surface area contributed by atoms with E-state index in [2.05, 4.69) is 17.2 Å². The van der Waals surface area contributed by atoms with Gasteiger partial charge in [0.2, 0.25) is 0 Å². The molecule has 1 saturated carbocycles. The number of carbonyl (C=O) groups excluding carboxylic acids is 1. The number of carbonyl (C=O) groups is 1. The minimum Gasteiger partial charge on any atom is -0.444 e. The maximum atomic E-state index is 12.4. The zero-order valence-corrected chi connectivity index (χ0v) is 21.3. The van der Waals surface area contributed by atoms with Gasteiger partial charge in [-0.05, 0) is 70.8 Å². The average Bonchev–Trinajstić information content (AvgIpc) is 3.19. The number of benzene rings is 1. The number of hydrogen-bond acceptors (Lipinski definition) is 6. The van der Waals surface area contributed by atoms with Gasteiger partial charge in [0, 0.05) is 19.6 Å². The summed E-state index contributed by atoms with van der Waals surface area (Å²) in [7, 11) is 0. The first-order chi connectivity index (χ1) is 16.2. The second kappa shape index (κ2) is 10.1. The highest BCUT2D eigenvalue weighted by atomic mass is 16.6. The Balaban J connectivity index is 1.43. The van der Waals surface area contributed by atoms with E-state index in [-0.39, 0.29) is 18.2 Å². The number of hydrazone groups is 1. The Morgan fingerprint density at radius 2 is 1.74 bits per heavy atom. The van der Waals surface area contributed by atoms with Crippen LogP contribution in [0.3, 0.4) is 0 Å². The van der Waals surface area contributed by atoms with E-state index in [1.807, 2.05) is 56.0 Å². The van der Waals surface area contributed by atoms with E-state index >= 15 is 0 Å². The van der Waals surface area contributed by atoms with Crippen molar-refractivity contribution in [2.75, 3.05) is 19.6 Å². The largest absolute Gasteiger partial charge is 0.444 e. The summed E-state index contributed by atoms with van der Waals surface area (Å²) in [6, 6.07) is 10.0. The van der Waals surface area contributed by atoms with Gasteiger partial charge >= 0.3 is 6.09 Å². The van der Waals surface area contributed by atoms with Gasteiger partial charge in [-0.25, -0.2) is 4.79 Å². The molecule has 1 aliphatic carbocycles. The van der Waals surface area contributed by atoms with Gasteiger partial charge in [0.15, 0.2) is 11.4 Å². The maximum absolute atomic E-state index is 12.4. The number of amidine groups is 1. The van der Waals surface area contributed by atoms with Crippen LogP contribution in [0.1, 0.15) is 78.2 Å². The van der Waals surface area contributed by atoms with Gasteiger partial charge in [-0.2, -0.15) is 5.10 Å². The van der Waals surface area contributed by atoms with Crippen molar-refractivity contribution in [3.8, 4) is 0 Å². The lowest BCUT2D eigenvalue weighted by molar-refractivity contribution is 0.0164. The SMILES string of the molecule is CC1NC(C(O)(c2ccccc2)C2CCCCC2)=NN1CC1CCN(C(=O)OC(C)(C)C)CC1. The van der Waals surface area contributed by atoms with Crippen molar-refractivity contribution in [2.24, 2.45) is 16.9 Å². The van der Waals surface area contributed by atoms with Crippen LogP contribution in [0.5, 0.6) is 0 Å². The lowest BCUT2D eigenvalue weighted by Gasteiger charge is -2.38. The molecule has 2 fully saturated rings. The molecule has 1 aromatic carbocycles. The van der Waals surface area contributed by atoms with Crippen LogP contribution in [0.15, 0.2) is 35.4 Å². The summed E-state index contributed by atoms with van der Waals surface area (Å²) in [6.07, 6.45) is 7.25. The molecule has 1 saturated heterocycles. The second-order valence-corrected chi connectivity index (χ2v) is 11.3. The Hall–Kier alpha value is -2.28. The Morgan fingerprint density at radius 3 is 2.35 bits per heavy atom. The lowest BCUT2D eigenvalue weighted by Crippen LogP contribution is -2.50. The van der Waals surface area contributed by atoms with Crippen LogP contribution in [-0.2, 0) is 10.3 Å². The fourth-order valence-corrected chi connectivity index (χ4v) is 5.57. The average molecular weight is 471 g/mol. The quantitative estimate of drug-likeness (QED) is 0.654. The first-order valence-electron chi connectivity index (χ1n) is 13.0. The number of aliphatic hydroxyl groups is 1. The minimum absolute atomic E-state index is 0.0257. The fourth-order valence-electron chi connectivity index (χ4n) is 5.57. The highest BCUT2D eigenvalue weighted by Crippen LogP contribution is 2.41. The molecule has 2 aliphatic heterocycles. The van der Waals surface area contributed by atoms with Gasteiger partial charge in [-0.1, -0.05) is 49.6 Å². The van der Waals surface area contributed by atoms with E-state index in [0.717, 1.165) is 50.6 Å². The molecule has 0 spiro atoms. The van der Waals surface area contributed by atoms with Crippen molar-refractivity contribution in [1.29, 1.82) is 0 Å². The zero-order chi connectivity index (χ0) is 24.3. The molecule has 2 N–H and O–H groups in total. The number of rotatable bonds is 5. The number of likely N-dealkylation sites (tertiary alicyclic amines) is 1. The standard InChI is InChI=1S/C27H42N4O3/c1-20-28-24(27(33,22-11-7-5-8-12-22)23-13-9-6-10-14-23)29-31(20)19-21-15-17-30(18-16-21)25(32)34-26(2,3)4/h5,7-8,11-12,20-21,23,33H,6,9-10,13-19H2,1-4H3,(H,28,29). The molecule has 0 aromatic heterocycles. The smallest absolute Gasteiger partial charge is 0.410 e. The number of nitrogens with one attached hydrogen (secondary N) is 1. The molecular weight excluding hydrogens is 428 g/mol. The predicted octanol–water partition coefficient (Wildman–Crippen LogP) is 4.67. The summed E-state index contributed by atoms with van der Waals surface area (Å²) in [6.45, 7) is 10.1. The Kier molecular flexibility index (Phi) is 7.41. The van der Waals surface area contributed by atoms with E-state index in [4.69, 9.17) is 9.84 Å². The number of nitrogens with zero attached hydrogens (tertiary/aromatic N) is 3. The number of amides is 1. The zero-order valence-electron chi connectivity index (χ0n) is 21.3. The molecule has 7 nitrogen and oxygen atoms in total. The van der Waals surface area contributed by atoms with Crippen LogP contribution < -0.4 is 5.32 Å². The highest BCUT2D eigenvalue weighted by molar-refractivity contribution is 5.92. The van der Waals surface area contributed by atoms with Crippen molar-refractivity contribution in [3.05, 3.63) is 35.9 Å². The van der Waals surface area contributed by atoms with Crippen LogP contribution in [0, 0.1) is 11.8 Å². The summed E-state index contributed by atoms with van der Waals surface area (Å²) >= 11 is 0. The van der Waals surface area contributed by atoms with Gasteiger partial charge in [0.25, 0.3) is 0 Å². The van der Waals surface area contributed by atoms with Crippen molar-refractivity contribution >= 4 is 11.9 Å². The molecule has 0 bridgehead atoms. The van der Waals surface area contributed by atoms with E-state index in [9.17, 15) is 9.90 Å². The second-order valence-electron chi connectivity index (χ2n) is 11.3. The summed E-state index contributed by atoms with van der Waals surface area (Å²) in [4.78, 5) is 14.2. The van der Waals surface area contributed by atoms with Gasteiger partial charge in [-0.15, -0.1) is 0 Å². The molecule has 3 aliphatic rings. The van der Waals surface area contributed by atoms with Gasteiger partial charge < -0.3 is 20.1 Å². The third kappa shape index (κ3) is 5.51. The maximum Gasteiger partial charge on any atom is 0.410 e. The lowest BCUT2D eigenvalue weighted by atomic mass is 9.72. The Labute approximate surface area is 204 Å². The molecule has 7 heteroatoms. The van der Waals surface area contributed by atoms with Crippen molar-refractivity contribution in [3.63, 3.8) is 0 Å². The third-order valence-electron chi connectivity index (χ3n) is 7.50. The number of piperidine rings is 1. The van der Waals surface area contributed by atoms with Gasteiger partial charge in [-0.3, -0.25) is 5.01 Å². The fraction of sp³-hybridized carbons (Fsp3) is 0.704. The van der Waals surface area contributed by atoms with E-state index < -0.39 is 11.2 Å². The molecule has 2 atom stereocenters. The number of hydrogen-bond donors (Lipinski definition) is 2. The Morgan fingerprint density at radius 1 is 1.09 bits per heavy atom. The van der Waals surface area contributed by atoms with Crippen molar-refractivity contribution < 1.29 is 14.6 Å². The van der Waals surface area contributed by atoms with Crippen LogP contribution in [-0.4, -0.2) is 58.3 Å². The van der Waals surface area contributed by atoms with E-state index in [0.29, 0.717) is 24.8 Å². The molecule has 1 amide bonds. The molecule has 2 unspecified atom stereocenters. The molecular formula is C27H42N4O3. The summed E-state index contributed by atoms with van der Waals surface area (Å²) in [5.41, 5.74) is -0.637. The van der Waals surface area contributed by atoms with Crippen LogP contribution >= 0.6 is 0 Å². The van der Waals surface area contributed by atoms with Gasteiger partial charge in [0.05, 0.1) is 0 Å². The van der Waals surface area contributed by atoms with Crippen LogP contribution in [0.25, 0.3) is 0 Å². The summed E-state index contributed by atoms with van der Waals surface area (Å²) in [5, 5.41) is 22.8. The molecule has 0 radical (unpaired) electrons. The molecule has 2 heterocycles. The Bertz CT molecular complexity index is 854. The molecule has 4 rings (SSSR count). The normalized spacial score (nSPS) is 24.4. The van der Waals surface area contributed by atoms with E-state index in [1.165, 1.54) is 6.42 Å². The van der Waals surface area contributed by atoms with Crippen molar-refractivity contribution in [1.82, 2.24) is 15.2 Å². The number of ether oxygens (including phenoxy) is 1. The topological polar surface area (TPSA) is 77.4 Å². The third-order valence-corrected chi connectivity index (χ3v) is 7.50. The summed E-state index contributed by atoms with van der Waals surface area (Å²) in [5.74, 6) is 1.30. The summed E-state index contributed by atoms with van der Waals surface area (Å²) < 4.78 is 5.53. The predicted molar refractivity (Wildman–Crippen MR) is 134 cm³/mol. The highest BCUT2D eigenvalue weighted by Gasteiger charge is 2.47. The molecule has 34 heavy (non-hydrogen) atoms.